The van der Waals surface area contributed by atoms with Crippen LogP contribution in [0.2, 0.25) is 18.1 Å². The summed E-state index contributed by atoms with van der Waals surface area (Å²) in [6.07, 6.45) is 0. The Hall–Kier alpha value is -0.393. The van der Waals surface area contributed by atoms with Gasteiger partial charge in [0.25, 0.3) is 0 Å². The fourth-order valence-electron chi connectivity index (χ4n) is 0.930. The average molecular weight is 262 g/mol. The number of hydrogen-bond acceptors (Lipinski definition) is 4. The lowest BCUT2D eigenvalue weighted by Gasteiger charge is -2.36. The summed E-state index contributed by atoms with van der Waals surface area (Å²) in [6, 6.07) is 0. The Morgan fingerprint density at radius 3 is 2.24 bits per heavy atom. The van der Waals surface area contributed by atoms with Gasteiger partial charge in [-0.25, -0.2) is 4.79 Å². The van der Waals surface area contributed by atoms with Crippen molar-refractivity contribution in [2.45, 2.75) is 45.8 Å². The number of esters is 1. The molecule has 0 aromatic heterocycles. The second-order valence-electron chi connectivity index (χ2n) is 5.47. The van der Waals surface area contributed by atoms with E-state index >= 15 is 0 Å². The largest absolute Gasteiger partial charge is 0.464 e. The number of ether oxygens (including phenoxy) is 2. The van der Waals surface area contributed by atoms with E-state index in [-0.39, 0.29) is 17.6 Å². The number of carbonyl (C=O) groups excluding carboxylic acids is 1. The molecule has 102 valence electrons. The van der Waals surface area contributed by atoms with Crippen LogP contribution < -0.4 is 0 Å². The maximum absolute atomic E-state index is 11.0. The molecule has 5 heteroatoms. The first kappa shape index (κ1) is 16.6. The van der Waals surface area contributed by atoms with E-state index in [4.69, 9.17) is 13.9 Å². The highest BCUT2D eigenvalue weighted by molar-refractivity contribution is 6.74. The molecule has 0 amide bonds. The topological polar surface area (TPSA) is 44.8 Å². The van der Waals surface area contributed by atoms with Gasteiger partial charge in [-0.1, -0.05) is 20.8 Å². The van der Waals surface area contributed by atoms with Gasteiger partial charge < -0.3 is 13.9 Å². The average Bonchev–Trinajstić information content (AvgIpc) is 2.15. The summed E-state index contributed by atoms with van der Waals surface area (Å²) in [7, 11) is -1.69. The van der Waals surface area contributed by atoms with Gasteiger partial charge in [0, 0.05) is 0 Å². The predicted octanol–water partition coefficient (Wildman–Crippen LogP) is 2.59. The van der Waals surface area contributed by atoms with Crippen LogP contribution in [-0.2, 0) is 18.7 Å². The van der Waals surface area contributed by atoms with Crippen molar-refractivity contribution in [3.05, 3.63) is 0 Å². The second kappa shape index (κ2) is 7.13. The van der Waals surface area contributed by atoms with Crippen molar-refractivity contribution < 1.29 is 18.7 Å². The van der Waals surface area contributed by atoms with Gasteiger partial charge in [0.15, 0.2) is 8.32 Å². The molecule has 0 saturated heterocycles. The molecule has 0 aliphatic rings. The zero-order valence-electron chi connectivity index (χ0n) is 12.0. The maximum atomic E-state index is 11.0. The van der Waals surface area contributed by atoms with Gasteiger partial charge in [-0.05, 0) is 25.1 Å². The van der Waals surface area contributed by atoms with Crippen molar-refractivity contribution in [1.82, 2.24) is 0 Å². The Kier molecular flexibility index (Phi) is 6.97. The smallest absolute Gasteiger partial charge is 0.332 e. The quantitative estimate of drug-likeness (QED) is 0.402. The Labute approximate surface area is 106 Å². The third kappa shape index (κ3) is 6.80. The first-order valence-corrected chi connectivity index (χ1v) is 8.99. The van der Waals surface area contributed by atoms with Crippen LogP contribution in [0.15, 0.2) is 0 Å². The summed E-state index contributed by atoms with van der Waals surface area (Å²) in [5.74, 6) is -0.320. The van der Waals surface area contributed by atoms with Gasteiger partial charge in [-0.15, -0.1) is 0 Å². The highest BCUT2D eigenvalue weighted by Crippen LogP contribution is 2.36. The van der Waals surface area contributed by atoms with Crippen molar-refractivity contribution in [1.29, 1.82) is 0 Å². The van der Waals surface area contributed by atoms with E-state index in [1.807, 2.05) is 0 Å². The molecule has 0 spiro atoms. The molecule has 0 N–H and O–H groups in total. The standard InChI is InChI=1S/C12H26O4Si/c1-7-15-11(13)10-14-8-9-16-17(5,6)12(2,3)4/h7-10H2,1-6H3. The lowest BCUT2D eigenvalue weighted by molar-refractivity contribution is -0.148. The molecule has 0 aromatic rings. The molecule has 0 saturated carbocycles. The molecule has 0 heterocycles. The van der Waals surface area contributed by atoms with Crippen molar-refractivity contribution >= 4 is 14.3 Å². The Balaban J connectivity index is 3.69. The first-order valence-electron chi connectivity index (χ1n) is 6.08. The van der Waals surface area contributed by atoms with Crippen molar-refractivity contribution in [3.8, 4) is 0 Å². The fourth-order valence-corrected chi connectivity index (χ4v) is 1.96. The summed E-state index contributed by atoms with van der Waals surface area (Å²) in [5, 5.41) is 0.203. The molecule has 0 radical (unpaired) electrons. The van der Waals surface area contributed by atoms with Gasteiger partial charge >= 0.3 is 5.97 Å². The second-order valence-corrected chi connectivity index (χ2v) is 10.3. The van der Waals surface area contributed by atoms with Crippen LogP contribution in [0.5, 0.6) is 0 Å². The minimum atomic E-state index is -1.69. The van der Waals surface area contributed by atoms with E-state index in [2.05, 4.69) is 33.9 Å². The van der Waals surface area contributed by atoms with Crippen molar-refractivity contribution in [2.75, 3.05) is 26.4 Å². The van der Waals surface area contributed by atoms with E-state index in [0.717, 1.165) is 0 Å². The van der Waals surface area contributed by atoms with Gasteiger partial charge in [-0.3, -0.25) is 0 Å². The lowest BCUT2D eigenvalue weighted by atomic mass is 10.2. The van der Waals surface area contributed by atoms with Crippen LogP contribution in [0.25, 0.3) is 0 Å². The SMILES string of the molecule is CCOC(=O)COCCO[Si](C)(C)C(C)(C)C. The first-order chi connectivity index (χ1) is 7.70. The van der Waals surface area contributed by atoms with Gasteiger partial charge in [-0.2, -0.15) is 0 Å². The van der Waals surface area contributed by atoms with Crippen molar-refractivity contribution in [3.63, 3.8) is 0 Å². The molecule has 0 fully saturated rings. The molecule has 0 unspecified atom stereocenters. The van der Waals surface area contributed by atoms with E-state index in [1.165, 1.54) is 0 Å². The number of rotatable bonds is 7. The summed E-state index contributed by atoms with van der Waals surface area (Å²) in [5.41, 5.74) is 0. The Bertz CT molecular complexity index is 233. The summed E-state index contributed by atoms with van der Waals surface area (Å²) < 4.78 is 15.8. The fraction of sp³-hybridized carbons (Fsp3) is 0.917. The van der Waals surface area contributed by atoms with Crippen LogP contribution in [0.3, 0.4) is 0 Å². The molecule has 0 aliphatic carbocycles. The van der Waals surface area contributed by atoms with Crippen molar-refractivity contribution in [2.24, 2.45) is 0 Å². The number of carbonyl (C=O) groups is 1. The van der Waals surface area contributed by atoms with E-state index < -0.39 is 8.32 Å². The minimum Gasteiger partial charge on any atom is -0.464 e. The van der Waals surface area contributed by atoms with Gasteiger partial charge in [0.2, 0.25) is 0 Å². The zero-order valence-corrected chi connectivity index (χ0v) is 13.0. The molecule has 0 aliphatic heterocycles. The Morgan fingerprint density at radius 1 is 1.18 bits per heavy atom. The molecule has 0 aromatic carbocycles. The molecule has 4 nitrogen and oxygen atoms in total. The summed E-state index contributed by atoms with van der Waals surface area (Å²) >= 11 is 0. The number of hydrogen-bond donors (Lipinski definition) is 0. The summed E-state index contributed by atoms with van der Waals surface area (Å²) in [6.45, 7) is 14.1. The summed E-state index contributed by atoms with van der Waals surface area (Å²) in [4.78, 5) is 11.0. The predicted molar refractivity (Wildman–Crippen MR) is 70.6 cm³/mol. The highest BCUT2D eigenvalue weighted by atomic mass is 28.4. The normalized spacial score (nSPS) is 12.6. The third-order valence-electron chi connectivity index (χ3n) is 3.02. The lowest BCUT2D eigenvalue weighted by Crippen LogP contribution is -2.41. The highest BCUT2D eigenvalue weighted by Gasteiger charge is 2.36. The van der Waals surface area contributed by atoms with Crippen LogP contribution in [0.1, 0.15) is 27.7 Å². The van der Waals surface area contributed by atoms with Crippen LogP contribution >= 0.6 is 0 Å². The maximum Gasteiger partial charge on any atom is 0.332 e. The van der Waals surface area contributed by atoms with E-state index in [1.54, 1.807) is 6.92 Å². The Morgan fingerprint density at radius 2 is 1.76 bits per heavy atom. The zero-order chi connectivity index (χ0) is 13.5. The molecular weight excluding hydrogens is 236 g/mol. The van der Waals surface area contributed by atoms with E-state index in [0.29, 0.717) is 19.8 Å². The molecule has 0 atom stereocenters. The van der Waals surface area contributed by atoms with Gasteiger partial charge in [0.05, 0.1) is 19.8 Å². The third-order valence-corrected chi connectivity index (χ3v) is 7.56. The van der Waals surface area contributed by atoms with Crippen LogP contribution in [0.4, 0.5) is 0 Å². The molecule has 0 rings (SSSR count). The minimum absolute atomic E-state index is 0.00863. The monoisotopic (exact) mass is 262 g/mol. The van der Waals surface area contributed by atoms with Crippen LogP contribution in [-0.4, -0.2) is 40.7 Å². The molecule has 0 bridgehead atoms. The van der Waals surface area contributed by atoms with E-state index in [9.17, 15) is 4.79 Å². The van der Waals surface area contributed by atoms with Crippen LogP contribution in [0, 0.1) is 0 Å². The molecular formula is C12H26O4Si. The van der Waals surface area contributed by atoms with Gasteiger partial charge in [0.1, 0.15) is 6.61 Å². The molecule has 17 heavy (non-hydrogen) atoms.